The number of rotatable bonds is 1. The van der Waals surface area contributed by atoms with Gasteiger partial charge in [0.2, 0.25) is 0 Å². The van der Waals surface area contributed by atoms with E-state index in [0.29, 0.717) is 0 Å². The number of benzene rings is 1. The second-order valence-electron chi connectivity index (χ2n) is 2.64. The Morgan fingerprint density at radius 2 is 2.36 bits per heavy atom. The summed E-state index contributed by atoms with van der Waals surface area (Å²) in [6.07, 6.45) is 4.93. The van der Waals surface area contributed by atoms with E-state index in [0.717, 1.165) is 13.0 Å². The van der Waals surface area contributed by atoms with Crippen LogP contribution in [0.5, 0.6) is 0 Å². The van der Waals surface area contributed by atoms with E-state index in [1.165, 1.54) is 16.1 Å². The third-order valence-corrected chi connectivity index (χ3v) is 2.54. The lowest BCUT2D eigenvalue weighted by Gasteiger charge is -2.00. The van der Waals surface area contributed by atoms with Gasteiger partial charge in [0.1, 0.15) is 0 Å². The van der Waals surface area contributed by atoms with Crippen molar-refractivity contribution in [1.82, 2.24) is 0 Å². The Balaban J connectivity index is 2.41. The van der Waals surface area contributed by atoms with Gasteiger partial charge in [-0.1, -0.05) is 0 Å². The lowest BCUT2D eigenvalue weighted by atomic mass is 10.2. The van der Waals surface area contributed by atoms with Crippen LogP contribution in [0.2, 0.25) is 0 Å². The average molecular weight is 164 g/mol. The van der Waals surface area contributed by atoms with Crippen LogP contribution in [-0.4, -0.2) is 6.54 Å². The van der Waals surface area contributed by atoms with Gasteiger partial charge in [0.15, 0.2) is 0 Å². The minimum absolute atomic E-state index is 1.08. The Labute approximate surface area is 71.2 Å². The maximum Gasteiger partial charge on any atom is 0.0374 e. The molecule has 0 aliphatic carbocycles. The first kappa shape index (κ1) is 7.04. The van der Waals surface area contributed by atoms with Crippen molar-refractivity contribution in [1.29, 1.82) is 0 Å². The molecule has 0 fully saturated rings. The highest BCUT2D eigenvalue weighted by molar-refractivity contribution is 8.00. The summed E-state index contributed by atoms with van der Waals surface area (Å²) < 4.78 is 0. The molecule has 0 unspecified atom stereocenters. The molecule has 0 aromatic heterocycles. The number of thioether (sulfide) groups is 1. The summed E-state index contributed by atoms with van der Waals surface area (Å²) in [4.78, 5) is 1.26. The summed E-state index contributed by atoms with van der Waals surface area (Å²) in [7, 11) is 0. The lowest BCUT2D eigenvalue weighted by Crippen LogP contribution is -1.90. The van der Waals surface area contributed by atoms with Crippen molar-refractivity contribution in [3.63, 3.8) is 0 Å². The van der Waals surface area contributed by atoms with E-state index < -0.39 is 0 Å². The van der Waals surface area contributed by atoms with Gasteiger partial charge in [-0.2, -0.15) is 0 Å². The minimum atomic E-state index is 1.08. The van der Waals surface area contributed by atoms with Crippen LogP contribution in [0.1, 0.15) is 5.56 Å². The molecular weight excluding hydrogens is 154 g/mol. The van der Waals surface area contributed by atoms with E-state index >= 15 is 0 Å². The Hall–Kier alpha value is -0.630. The van der Waals surface area contributed by atoms with Crippen LogP contribution in [-0.2, 0) is 6.42 Å². The zero-order chi connectivity index (χ0) is 7.68. The quantitative estimate of drug-likeness (QED) is 0.640. The van der Waals surface area contributed by atoms with E-state index in [-0.39, 0.29) is 0 Å². The molecule has 2 heteroatoms. The van der Waals surface area contributed by atoms with Gasteiger partial charge >= 0.3 is 0 Å². The summed E-state index contributed by atoms with van der Waals surface area (Å²) in [5.41, 5.74) is 2.72. The molecule has 0 bridgehead atoms. The maximum atomic E-state index is 3.78. The number of fused-ring (bicyclic) bond motifs is 1. The van der Waals surface area contributed by atoms with Gasteiger partial charge in [-0.15, -0.1) is 11.8 Å². The molecule has 0 saturated carbocycles. The number of hydrogen-bond acceptors (Lipinski definition) is 2. The molecule has 0 amide bonds. The van der Waals surface area contributed by atoms with E-state index in [2.05, 4.69) is 29.8 Å². The third-order valence-electron chi connectivity index (χ3n) is 1.95. The van der Waals surface area contributed by atoms with Crippen molar-refractivity contribution in [2.45, 2.75) is 11.3 Å². The fraction of sp³-hybridized carbons (Fsp3) is 0.222. The Kier molecular flexibility index (Phi) is 1.78. The molecule has 1 nitrogen and oxygen atoms in total. The van der Waals surface area contributed by atoms with Crippen molar-refractivity contribution in [3.05, 3.63) is 30.0 Å². The molecule has 2 rings (SSSR count). The van der Waals surface area contributed by atoms with Crippen molar-refractivity contribution < 1.29 is 0 Å². The minimum Gasteiger partial charge on any atom is -0.384 e. The Morgan fingerprint density at radius 1 is 1.45 bits per heavy atom. The van der Waals surface area contributed by atoms with Gasteiger partial charge in [0, 0.05) is 23.4 Å². The fourth-order valence-corrected chi connectivity index (χ4v) is 1.76. The fourth-order valence-electron chi connectivity index (χ4n) is 1.37. The summed E-state index contributed by atoms with van der Waals surface area (Å²) in [5.74, 6) is 0. The first-order valence-electron chi connectivity index (χ1n) is 3.69. The molecule has 1 N–H and O–H groups in total. The number of hydrogen-bond donors (Lipinski definition) is 1. The summed E-state index contributed by atoms with van der Waals surface area (Å²) in [5, 5.41) is 3.32. The summed E-state index contributed by atoms with van der Waals surface area (Å²) in [6, 6.07) is 6.46. The average Bonchev–Trinajstić information content (AvgIpc) is 2.50. The predicted octanol–water partition coefficient (Wildman–Crippen LogP) is 2.54. The second-order valence-corrected chi connectivity index (χ2v) is 3.40. The molecular formula is C9H10NS. The van der Waals surface area contributed by atoms with Gasteiger partial charge in [0.05, 0.1) is 0 Å². The highest BCUT2D eigenvalue weighted by Crippen LogP contribution is 2.27. The van der Waals surface area contributed by atoms with Crippen LogP contribution in [0.15, 0.2) is 23.1 Å². The highest BCUT2D eigenvalue weighted by Gasteiger charge is 2.08. The molecule has 0 atom stereocenters. The van der Waals surface area contributed by atoms with Crippen LogP contribution in [0.25, 0.3) is 0 Å². The molecule has 11 heavy (non-hydrogen) atoms. The van der Waals surface area contributed by atoms with Crippen molar-refractivity contribution in [2.75, 3.05) is 11.9 Å². The zero-order valence-corrected chi connectivity index (χ0v) is 7.08. The van der Waals surface area contributed by atoms with E-state index in [9.17, 15) is 0 Å². The van der Waals surface area contributed by atoms with E-state index in [4.69, 9.17) is 0 Å². The number of nitrogens with one attached hydrogen (secondary N) is 1. The van der Waals surface area contributed by atoms with Crippen LogP contribution in [0.3, 0.4) is 0 Å². The smallest absolute Gasteiger partial charge is 0.0374 e. The van der Waals surface area contributed by atoms with Crippen LogP contribution in [0.4, 0.5) is 5.69 Å². The summed E-state index contributed by atoms with van der Waals surface area (Å²) in [6.45, 7) is 1.08. The molecule has 1 aromatic carbocycles. The SMILES string of the molecule is [CH2]Sc1ccc2c(c1)CCN2. The standard InChI is InChI=1S/C9H10NS/c1-11-8-2-3-9-7(6-8)4-5-10-9/h2-3,6,10H,1,4-5H2. The molecule has 1 radical (unpaired) electrons. The van der Waals surface area contributed by atoms with Crippen molar-refractivity contribution in [3.8, 4) is 0 Å². The van der Waals surface area contributed by atoms with Crippen molar-refractivity contribution in [2.24, 2.45) is 0 Å². The van der Waals surface area contributed by atoms with Gasteiger partial charge in [0.25, 0.3) is 0 Å². The zero-order valence-electron chi connectivity index (χ0n) is 6.26. The van der Waals surface area contributed by atoms with Gasteiger partial charge in [-0.25, -0.2) is 0 Å². The summed E-state index contributed by atoms with van der Waals surface area (Å²) >= 11 is 1.56. The Bertz CT molecular complexity index is 270. The first-order valence-corrected chi connectivity index (χ1v) is 4.67. The third kappa shape index (κ3) is 1.23. The van der Waals surface area contributed by atoms with E-state index in [1.54, 1.807) is 11.8 Å². The predicted molar refractivity (Wildman–Crippen MR) is 49.8 cm³/mol. The molecule has 1 heterocycles. The topological polar surface area (TPSA) is 12.0 Å². The first-order chi connectivity index (χ1) is 5.40. The second kappa shape index (κ2) is 2.78. The molecule has 1 aromatic rings. The maximum absolute atomic E-state index is 3.78. The molecule has 0 saturated heterocycles. The molecule has 0 spiro atoms. The van der Waals surface area contributed by atoms with Crippen LogP contribution >= 0.6 is 11.8 Å². The normalized spacial score (nSPS) is 14.3. The monoisotopic (exact) mass is 164 g/mol. The van der Waals surface area contributed by atoms with Gasteiger partial charge < -0.3 is 5.32 Å². The van der Waals surface area contributed by atoms with Crippen molar-refractivity contribution >= 4 is 17.4 Å². The van der Waals surface area contributed by atoms with Crippen LogP contribution in [0, 0.1) is 6.26 Å². The molecule has 1 aliphatic heterocycles. The highest BCUT2D eigenvalue weighted by atomic mass is 32.2. The molecule has 57 valence electrons. The molecule has 1 aliphatic rings. The Morgan fingerprint density at radius 3 is 3.18 bits per heavy atom. The lowest BCUT2D eigenvalue weighted by molar-refractivity contribution is 1.10. The van der Waals surface area contributed by atoms with E-state index in [1.807, 2.05) is 0 Å². The van der Waals surface area contributed by atoms with Crippen LogP contribution < -0.4 is 5.32 Å². The van der Waals surface area contributed by atoms with Gasteiger partial charge in [-0.05, 0) is 30.2 Å². The number of anilines is 1. The largest absolute Gasteiger partial charge is 0.384 e. The van der Waals surface area contributed by atoms with Gasteiger partial charge in [-0.3, -0.25) is 0 Å².